The number of hydrogen-bond donors (Lipinski definition) is 1. The normalized spacial score (nSPS) is 27.2. The monoisotopic (exact) mass is 229 g/mol. The predicted octanol–water partition coefficient (Wildman–Crippen LogP) is 3.00. The minimum atomic E-state index is -1.53. The second kappa shape index (κ2) is 4.19. The Labute approximate surface area is 95.9 Å². The second-order valence-electron chi connectivity index (χ2n) is 6.61. The molecule has 0 bridgehead atoms. The van der Waals surface area contributed by atoms with Crippen LogP contribution in [-0.2, 0) is 4.43 Å². The molecule has 0 saturated carbocycles. The van der Waals surface area contributed by atoms with E-state index in [2.05, 4.69) is 53.0 Å². The van der Waals surface area contributed by atoms with E-state index in [1.54, 1.807) is 0 Å². The zero-order valence-corrected chi connectivity index (χ0v) is 12.3. The number of rotatable bonds is 4. The van der Waals surface area contributed by atoms with Gasteiger partial charge in [0.25, 0.3) is 0 Å². The molecule has 1 saturated heterocycles. The molecule has 1 N–H and O–H groups in total. The van der Waals surface area contributed by atoms with Crippen molar-refractivity contribution in [3.63, 3.8) is 0 Å². The maximum atomic E-state index is 6.17. The summed E-state index contributed by atoms with van der Waals surface area (Å²) in [6.07, 6.45) is 0. The SMILES string of the molecule is CC(C)[C@@H]1N[C@H]1CO[Si](C)(C)C(C)(C)C. The highest BCUT2D eigenvalue weighted by molar-refractivity contribution is 6.74. The van der Waals surface area contributed by atoms with Gasteiger partial charge in [-0.05, 0) is 24.1 Å². The van der Waals surface area contributed by atoms with E-state index in [1.807, 2.05) is 0 Å². The average molecular weight is 229 g/mol. The van der Waals surface area contributed by atoms with E-state index >= 15 is 0 Å². The van der Waals surface area contributed by atoms with Gasteiger partial charge < -0.3 is 9.74 Å². The topological polar surface area (TPSA) is 31.2 Å². The van der Waals surface area contributed by atoms with Gasteiger partial charge in [-0.15, -0.1) is 0 Å². The van der Waals surface area contributed by atoms with Crippen LogP contribution in [0.25, 0.3) is 0 Å². The molecular weight excluding hydrogens is 202 g/mol. The van der Waals surface area contributed by atoms with Crippen LogP contribution in [0.15, 0.2) is 0 Å². The third kappa shape index (κ3) is 3.30. The van der Waals surface area contributed by atoms with Gasteiger partial charge in [-0.3, -0.25) is 0 Å². The highest BCUT2D eigenvalue weighted by Gasteiger charge is 2.42. The lowest BCUT2D eigenvalue weighted by molar-refractivity contribution is 0.285. The largest absolute Gasteiger partial charge is 0.415 e. The molecule has 15 heavy (non-hydrogen) atoms. The van der Waals surface area contributed by atoms with Crippen LogP contribution in [0.5, 0.6) is 0 Å². The Balaban J connectivity index is 2.33. The molecule has 2 atom stereocenters. The van der Waals surface area contributed by atoms with Gasteiger partial charge in [-0.1, -0.05) is 34.6 Å². The second-order valence-corrected chi connectivity index (χ2v) is 11.4. The highest BCUT2D eigenvalue weighted by Crippen LogP contribution is 2.37. The Kier molecular flexibility index (Phi) is 3.69. The standard InChI is InChI=1S/C12H27NOSi/c1-9(2)11-10(13-11)8-14-15(6,7)12(3,4)5/h9-11,13H,8H2,1-7H3/t10-,11-/m0/s1. The molecule has 1 rings (SSSR count). The molecule has 0 spiro atoms. The van der Waals surface area contributed by atoms with Crippen LogP contribution < -0.4 is 5.32 Å². The van der Waals surface area contributed by atoms with E-state index in [0.29, 0.717) is 17.1 Å². The van der Waals surface area contributed by atoms with E-state index in [-0.39, 0.29) is 0 Å². The van der Waals surface area contributed by atoms with Crippen molar-refractivity contribution >= 4 is 8.32 Å². The number of hydrogen-bond acceptors (Lipinski definition) is 2. The first kappa shape index (κ1) is 13.2. The lowest BCUT2D eigenvalue weighted by Crippen LogP contribution is -2.42. The molecule has 90 valence electrons. The molecule has 0 aromatic rings. The molecule has 1 heterocycles. The summed E-state index contributed by atoms with van der Waals surface area (Å²) < 4.78 is 6.17. The highest BCUT2D eigenvalue weighted by atomic mass is 28.4. The predicted molar refractivity (Wildman–Crippen MR) is 68.7 cm³/mol. The lowest BCUT2D eigenvalue weighted by atomic mass is 10.1. The van der Waals surface area contributed by atoms with Crippen LogP contribution in [-0.4, -0.2) is 27.0 Å². The molecule has 0 unspecified atom stereocenters. The zero-order valence-electron chi connectivity index (χ0n) is 11.3. The van der Waals surface area contributed by atoms with Crippen LogP contribution >= 0.6 is 0 Å². The van der Waals surface area contributed by atoms with Gasteiger partial charge >= 0.3 is 0 Å². The quantitative estimate of drug-likeness (QED) is 0.593. The van der Waals surface area contributed by atoms with E-state index in [4.69, 9.17) is 4.43 Å². The maximum Gasteiger partial charge on any atom is 0.192 e. The molecule has 0 aromatic carbocycles. The summed E-state index contributed by atoms with van der Waals surface area (Å²) in [5, 5.41) is 3.82. The third-order valence-corrected chi connectivity index (χ3v) is 8.38. The van der Waals surface area contributed by atoms with Crippen LogP contribution in [0, 0.1) is 5.92 Å². The van der Waals surface area contributed by atoms with Crippen molar-refractivity contribution in [3.8, 4) is 0 Å². The van der Waals surface area contributed by atoms with Gasteiger partial charge in [-0.2, -0.15) is 0 Å². The first-order valence-corrected chi connectivity index (χ1v) is 8.96. The van der Waals surface area contributed by atoms with E-state index < -0.39 is 8.32 Å². The first-order chi connectivity index (χ1) is 6.65. The summed E-state index contributed by atoms with van der Waals surface area (Å²) >= 11 is 0. The molecule has 0 radical (unpaired) electrons. The molecular formula is C12H27NOSi. The molecule has 0 amide bonds. The molecule has 1 aliphatic rings. The molecule has 1 aliphatic heterocycles. The molecule has 3 heteroatoms. The van der Waals surface area contributed by atoms with Gasteiger partial charge in [-0.25, -0.2) is 0 Å². The Morgan fingerprint density at radius 2 is 1.80 bits per heavy atom. The fraction of sp³-hybridized carbons (Fsp3) is 1.00. The van der Waals surface area contributed by atoms with Crippen molar-refractivity contribution in [2.45, 2.75) is 64.8 Å². The van der Waals surface area contributed by atoms with E-state index in [0.717, 1.165) is 12.5 Å². The van der Waals surface area contributed by atoms with Crippen LogP contribution in [0.3, 0.4) is 0 Å². The van der Waals surface area contributed by atoms with Crippen LogP contribution in [0.4, 0.5) is 0 Å². The summed E-state index contributed by atoms with van der Waals surface area (Å²) in [6, 6.07) is 1.30. The Hall–Kier alpha value is 0.137. The van der Waals surface area contributed by atoms with Gasteiger partial charge in [0, 0.05) is 12.1 Å². The van der Waals surface area contributed by atoms with Crippen molar-refractivity contribution in [3.05, 3.63) is 0 Å². The molecule has 0 aromatic heterocycles. The molecule has 1 fully saturated rings. The lowest BCUT2D eigenvalue weighted by Gasteiger charge is -2.36. The van der Waals surface area contributed by atoms with Gasteiger partial charge in [0.2, 0.25) is 0 Å². The summed E-state index contributed by atoms with van der Waals surface area (Å²) in [7, 11) is -1.53. The van der Waals surface area contributed by atoms with Crippen molar-refractivity contribution in [1.82, 2.24) is 5.32 Å². The van der Waals surface area contributed by atoms with E-state index in [1.165, 1.54) is 0 Å². The summed E-state index contributed by atoms with van der Waals surface area (Å²) in [5.74, 6) is 0.734. The number of nitrogens with one attached hydrogen (secondary N) is 1. The van der Waals surface area contributed by atoms with Gasteiger partial charge in [0.05, 0.1) is 6.61 Å². The third-order valence-electron chi connectivity index (χ3n) is 3.88. The van der Waals surface area contributed by atoms with Gasteiger partial charge in [0.1, 0.15) is 0 Å². The minimum Gasteiger partial charge on any atom is -0.415 e. The van der Waals surface area contributed by atoms with Crippen molar-refractivity contribution in [2.24, 2.45) is 5.92 Å². The van der Waals surface area contributed by atoms with Crippen molar-refractivity contribution in [1.29, 1.82) is 0 Å². The molecule has 0 aliphatic carbocycles. The zero-order chi connectivity index (χ0) is 11.9. The fourth-order valence-electron chi connectivity index (χ4n) is 1.52. The van der Waals surface area contributed by atoms with Crippen LogP contribution in [0.1, 0.15) is 34.6 Å². The molecule has 2 nitrogen and oxygen atoms in total. The minimum absolute atomic E-state index is 0.329. The Morgan fingerprint density at radius 1 is 1.27 bits per heavy atom. The Bertz CT molecular complexity index is 220. The van der Waals surface area contributed by atoms with Crippen molar-refractivity contribution < 1.29 is 4.43 Å². The summed E-state index contributed by atoms with van der Waals surface area (Å²) in [6.45, 7) is 16.9. The summed E-state index contributed by atoms with van der Waals surface area (Å²) in [5.41, 5.74) is 0. The van der Waals surface area contributed by atoms with E-state index in [9.17, 15) is 0 Å². The smallest absolute Gasteiger partial charge is 0.192 e. The maximum absolute atomic E-state index is 6.17. The van der Waals surface area contributed by atoms with Gasteiger partial charge in [0.15, 0.2) is 8.32 Å². The van der Waals surface area contributed by atoms with Crippen molar-refractivity contribution in [2.75, 3.05) is 6.61 Å². The summed E-state index contributed by atoms with van der Waals surface area (Å²) in [4.78, 5) is 0. The van der Waals surface area contributed by atoms with Crippen LogP contribution in [0.2, 0.25) is 18.1 Å². The first-order valence-electron chi connectivity index (χ1n) is 6.05. The Morgan fingerprint density at radius 3 is 2.13 bits per heavy atom. The average Bonchev–Trinajstić information content (AvgIpc) is 2.77. The fourth-order valence-corrected chi connectivity index (χ4v) is 2.54.